The SMILES string of the molecule is [2H]c1c(-c2nc(-c3ccc(-c4cccc(-c5ccccc5)c4)cc3)nc(-c3c([2H])c([2H])c([2H])c4c3oc3c([2H])c([2H])c([2H])c([2H])c34)n2)cc(-n2c3c([2H])c([2H])c([2H])c([2H])c3c3c([2H])c([2H])c([2H])c([2H])c32)c([2H])c1[2H]. The lowest BCUT2D eigenvalue weighted by atomic mass is 9.98. The van der Waals surface area contributed by atoms with Crippen molar-refractivity contribution in [3.8, 4) is 62.1 Å². The number of nitrogens with zero attached hydrogens (tertiary/aromatic N) is 4. The Morgan fingerprint density at radius 3 is 1.73 bits per heavy atom. The van der Waals surface area contributed by atoms with Crippen molar-refractivity contribution in [3.05, 3.63) is 194 Å². The van der Waals surface area contributed by atoms with Crippen LogP contribution in [0.4, 0.5) is 0 Å². The highest BCUT2D eigenvalue weighted by Crippen LogP contribution is 2.37. The fourth-order valence-corrected chi connectivity index (χ4v) is 6.82. The molecule has 0 aliphatic heterocycles. The minimum atomic E-state index is -0.754. The third-order valence-corrected chi connectivity index (χ3v) is 9.42. The van der Waals surface area contributed by atoms with E-state index >= 15 is 0 Å². The molecule has 0 unspecified atom stereocenters. The van der Waals surface area contributed by atoms with Gasteiger partial charge in [-0.3, -0.25) is 0 Å². The van der Waals surface area contributed by atoms with E-state index in [0.717, 1.165) is 26.8 Å². The highest BCUT2D eigenvalue weighted by Gasteiger charge is 2.19. The number of aromatic nitrogens is 4. The summed E-state index contributed by atoms with van der Waals surface area (Å²) in [6.45, 7) is 0. The molecule has 0 aliphatic carbocycles. The first kappa shape index (κ1) is 18.6. The molecule has 0 radical (unpaired) electrons. The topological polar surface area (TPSA) is 56.7 Å². The van der Waals surface area contributed by atoms with Crippen LogP contribution in [0.2, 0.25) is 0 Å². The van der Waals surface area contributed by atoms with E-state index in [2.05, 4.69) is 0 Å². The maximum absolute atomic E-state index is 9.30. The molecule has 3 heterocycles. The number of benzene rings is 8. The molecule has 0 aliphatic rings. The van der Waals surface area contributed by atoms with Gasteiger partial charge in [0, 0.05) is 38.4 Å². The Bertz CT molecular complexity index is 4220. The quantitative estimate of drug-likeness (QED) is 0.171. The van der Waals surface area contributed by atoms with Crippen LogP contribution in [0, 0.1) is 0 Å². The van der Waals surface area contributed by atoms with Gasteiger partial charge in [0.2, 0.25) is 0 Å². The van der Waals surface area contributed by atoms with E-state index in [0.29, 0.717) is 5.56 Å². The highest BCUT2D eigenvalue weighted by atomic mass is 16.3. The van der Waals surface area contributed by atoms with Crippen LogP contribution in [0.3, 0.4) is 0 Å². The normalized spacial score (nSPS) is 16.1. The van der Waals surface area contributed by atoms with E-state index in [9.17, 15) is 4.11 Å². The van der Waals surface area contributed by atoms with Gasteiger partial charge in [0.05, 0.1) is 41.3 Å². The largest absolute Gasteiger partial charge is 0.455 e. The summed E-state index contributed by atoms with van der Waals surface area (Å²) in [4.78, 5) is 14.2. The lowest BCUT2D eigenvalue weighted by Crippen LogP contribution is -2.01. The molecule has 11 aromatic rings. The third kappa shape index (κ3) is 5.37. The summed E-state index contributed by atoms with van der Waals surface area (Å²) in [5.74, 6) is -0.889. The van der Waals surface area contributed by atoms with Crippen LogP contribution in [0.15, 0.2) is 198 Å². The van der Waals surface area contributed by atoms with E-state index in [1.54, 1.807) is 12.1 Å². The van der Waals surface area contributed by atoms with Gasteiger partial charge in [-0.2, -0.15) is 0 Å². The Morgan fingerprint density at radius 1 is 0.411 bits per heavy atom. The first-order chi connectivity index (χ1) is 35.2. The second-order valence-electron chi connectivity index (χ2n) is 12.7. The van der Waals surface area contributed by atoms with Gasteiger partial charge < -0.3 is 8.98 Å². The predicted octanol–water partition coefficient (Wildman–Crippen LogP) is 13.2. The zero-order chi connectivity index (χ0) is 52.7. The number of para-hydroxylation sites is 4. The van der Waals surface area contributed by atoms with Crippen LogP contribution in [0.1, 0.15) is 24.7 Å². The summed E-state index contributed by atoms with van der Waals surface area (Å²) in [6, 6.07) is 14.1. The molecule has 0 atom stereocenters. The Labute approximate surface area is 348 Å². The van der Waals surface area contributed by atoms with Crippen LogP contribution in [0.25, 0.3) is 106 Å². The zero-order valence-corrected chi connectivity index (χ0v) is 28.8. The summed E-state index contributed by atoms with van der Waals surface area (Å²) in [5.41, 5.74) is 1.61. The van der Waals surface area contributed by atoms with Gasteiger partial charge >= 0.3 is 0 Å². The molecule has 0 saturated heterocycles. The van der Waals surface area contributed by atoms with Crippen molar-refractivity contribution < 1.29 is 29.1 Å². The first-order valence-corrected chi connectivity index (χ1v) is 17.3. The Balaban J connectivity index is 1.21. The predicted molar refractivity (Wildman–Crippen MR) is 229 cm³/mol. The number of fused-ring (bicyclic) bond motifs is 6. The van der Waals surface area contributed by atoms with E-state index in [-0.39, 0.29) is 72.2 Å². The van der Waals surface area contributed by atoms with E-state index in [4.69, 9.17) is 39.9 Å². The van der Waals surface area contributed by atoms with Gasteiger partial charge in [-0.05, 0) is 64.6 Å². The van der Waals surface area contributed by atoms with Crippen LogP contribution >= 0.6 is 0 Å². The van der Waals surface area contributed by atoms with Crippen molar-refractivity contribution in [2.24, 2.45) is 0 Å². The summed E-state index contributed by atoms with van der Waals surface area (Å²) in [6.07, 6.45) is 0. The van der Waals surface area contributed by atoms with Crippen LogP contribution in [-0.4, -0.2) is 19.5 Å². The standard InChI is InChI=1S/C51H32N4O/c1-2-13-33(14-3-1)36-15-10-16-37(31-36)34-27-29-35(30-28-34)49-52-50(54-51(53-49)44-23-12-22-43-42-21-6-9-26-47(42)56-48(43)44)38-17-11-18-39(32-38)55-45-24-7-4-19-40(45)41-20-5-8-25-46(41)55/h1-32H/i4D,5D,6D,7D,8D,9D,11D,12D,17D,18D,19D,20D,21D,22D,23D,24D,25D,26D. The monoisotopic (exact) mass is 734 g/mol. The molecule has 0 fully saturated rings. The summed E-state index contributed by atoms with van der Waals surface area (Å²) in [7, 11) is 0. The lowest BCUT2D eigenvalue weighted by molar-refractivity contribution is 0.669. The molecule has 262 valence electrons. The zero-order valence-electron chi connectivity index (χ0n) is 46.8. The molecule has 0 amide bonds. The maximum Gasteiger partial charge on any atom is 0.167 e. The fourth-order valence-electron chi connectivity index (χ4n) is 6.82. The van der Waals surface area contributed by atoms with Gasteiger partial charge in [-0.15, -0.1) is 0 Å². The lowest BCUT2D eigenvalue weighted by Gasteiger charge is -2.12. The highest BCUT2D eigenvalue weighted by molar-refractivity contribution is 6.10. The summed E-state index contributed by atoms with van der Waals surface area (Å²) < 4.78 is 166. The summed E-state index contributed by atoms with van der Waals surface area (Å²) >= 11 is 0. The van der Waals surface area contributed by atoms with Crippen molar-refractivity contribution in [1.29, 1.82) is 0 Å². The molecule has 5 heteroatoms. The molecule has 0 N–H and O–H groups in total. The third-order valence-electron chi connectivity index (χ3n) is 9.42. The van der Waals surface area contributed by atoms with Gasteiger partial charge in [0.25, 0.3) is 0 Å². The van der Waals surface area contributed by atoms with E-state index in [1.165, 1.54) is 6.07 Å². The molecule has 0 spiro atoms. The van der Waals surface area contributed by atoms with Crippen molar-refractivity contribution in [1.82, 2.24) is 19.5 Å². The van der Waals surface area contributed by atoms with Gasteiger partial charge in [-0.25, -0.2) is 15.0 Å². The number of rotatable bonds is 6. The Hall–Kier alpha value is -7.63. The van der Waals surface area contributed by atoms with Gasteiger partial charge in [-0.1, -0.05) is 151 Å². The minimum Gasteiger partial charge on any atom is -0.455 e. The molecule has 8 aromatic carbocycles. The number of furan rings is 1. The molecule has 56 heavy (non-hydrogen) atoms. The molecule has 5 nitrogen and oxygen atoms in total. The van der Waals surface area contributed by atoms with Crippen LogP contribution in [0.5, 0.6) is 0 Å². The average molecular weight is 735 g/mol. The minimum absolute atomic E-state index is 0.105. The molecule has 3 aromatic heterocycles. The number of hydrogen-bond acceptors (Lipinski definition) is 4. The maximum atomic E-state index is 9.30. The first-order valence-electron chi connectivity index (χ1n) is 26.3. The average Bonchev–Trinajstić information content (AvgIpc) is 4.01. The van der Waals surface area contributed by atoms with E-state index < -0.39 is 115 Å². The van der Waals surface area contributed by atoms with Gasteiger partial charge in [0.1, 0.15) is 11.2 Å². The summed E-state index contributed by atoms with van der Waals surface area (Å²) in [5, 5.41) is -1.03. The molecule has 0 saturated carbocycles. The van der Waals surface area contributed by atoms with Crippen molar-refractivity contribution >= 4 is 43.7 Å². The molecular weight excluding hydrogens is 685 g/mol. The second kappa shape index (κ2) is 13.0. The van der Waals surface area contributed by atoms with Crippen molar-refractivity contribution in [3.63, 3.8) is 0 Å². The van der Waals surface area contributed by atoms with Crippen LogP contribution in [-0.2, 0) is 0 Å². The molecule has 11 rings (SSSR count). The fraction of sp³-hybridized carbons (Fsp3) is 0. The molecular formula is C51H32N4O. The smallest absolute Gasteiger partial charge is 0.167 e. The molecule has 0 bridgehead atoms. The van der Waals surface area contributed by atoms with E-state index in [1.807, 2.05) is 66.7 Å². The van der Waals surface area contributed by atoms with Gasteiger partial charge in [0.15, 0.2) is 17.5 Å². The Kier molecular flexibility index (Phi) is 4.33. The second-order valence-corrected chi connectivity index (χ2v) is 12.7. The Morgan fingerprint density at radius 2 is 0.982 bits per heavy atom. The van der Waals surface area contributed by atoms with Crippen LogP contribution < -0.4 is 0 Å². The van der Waals surface area contributed by atoms with Crippen molar-refractivity contribution in [2.75, 3.05) is 0 Å². The van der Waals surface area contributed by atoms with Crippen molar-refractivity contribution in [2.45, 2.75) is 0 Å². The number of hydrogen-bond donors (Lipinski definition) is 0.